The van der Waals surface area contributed by atoms with Gasteiger partial charge in [0.1, 0.15) is 0 Å². The Morgan fingerprint density at radius 1 is 1.25 bits per heavy atom. The SMILES string of the molecule is CCC(C)(CC)NC(=O)Nc1cc(Br)cc(C(=O)O)c1. The molecule has 2 amide bonds. The van der Waals surface area contributed by atoms with Crippen molar-refractivity contribution >= 4 is 33.6 Å². The van der Waals surface area contributed by atoms with Crippen LogP contribution in [0, 0.1) is 0 Å². The van der Waals surface area contributed by atoms with Gasteiger partial charge in [-0.15, -0.1) is 0 Å². The molecule has 0 aliphatic carbocycles. The first-order valence-electron chi connectivity index (χ1n) is 6.42. The molecule has 0 unspecified atom stereocenters. The minimum absolute atomic E-state index is 0.114. The topological polar surface area (TPSA) is 78.4 Å². The van der Waals surface area contributed by atoms with Crippen molar-refractivity contribution in [2.24, 2.45) is 0 Å². The molecule has 5 nitrogen and oxygen atoms in total. The van der Waals surface area contributed by atoms with Crippen molar-refractivity contribution in [1.29, 1.82) is 0 Å². The van der Waals surface area contributed by atoms with Gasteiger partial charge < -0.3 is 15.7 Å². The molecule has 1 aromatic carbocycles. The Kier molecular flexibility index (Phi) is 5.56. The summed E-state index contributed by atoms with van der Waals surface area (Å²) < 4.78 is 0.599. The number of urea groups is 1. The third-order valence-electron chi connectivity index (χ3n) is 3.38. The number of carbonyl (C=O) groups is 2. The highest BCUT2D eigenvalue weighted by molar-refractivity contribution is 9.10. The van der Waals surface area contributed by atoms with Crippen molar-refractivity contribution in [3.8, 4) is 0 Å². The first-order chi connectivity index (χ1) is 9.29. The van der Waals surface area contributed by atoms with Crippen LogP contribution < -0.4 is 10.6 Å². The van der Waals surface area contributed by atoms with Gasteiger partial charge >= 0.3 is 12.0 Å². The zero-order valence-corrected chi connectivity index (χ0v) is 13.4. The van der Waals surface area contributed by atoms with E-state index < -0.39 is 5.97 Å². The number of amides is 2. The highest BCUT2D eigenvalue weighted by atomic mass is 79.9. The average molecular weight is 343 g/mol. The van der Waals surface area contributed by atoms with E-state index in [-0.39, 0.29) is 17.1 Å². The second-order valence-electron chi connectivity index (χ2n) is 4.88. The number of aromatic carboxylic acids is 1. The van der Waals surface area contributed by atoms with Crippen molar-refractivity contribution in [1.82, 2.24) is 5.32 Å². The molecular weight excluding hydrogens is 324 g/mol. The van der Waals surface area contributed by atoms with Crippen LogP contribution in [0.1, 0.15) is 44.0 Å². The van der Waals surface area contributed by atoms with Gasteiger partial charge in [0.2, 0.25) is 0 Å². The Labute approximate surface area is 126 Å². The van der Waals surface area contributed by atoms with E-state index >= 15 is 0 Å². The maximum atomic E-state index is 12.0. The van der Waals surface area contributed by atoms with Crippen molar-refractivity contribution in [3.63, 3.8) is 0 Å². The lowest BCUT2D eigenvalue weighted by Gasteiger charge is -2.28. The van der Waals surface area contributed by atoms with E-state index in [1.54, 1.807) is 6.07 Å². The summed E-state index contributed by atoms with van der Waals surface area (Å²) in [5.74, 6) is -1.04. The standard InChI is InChI=1S/C14H19BrN2O3/c1-4-14(3,5-2)17-13(20)16-11-7-9(12(18)19)6-10(15)8-11/h6-8H,4-5H2,1-3H3,(H,18,19)(H2,16,17,20). The molecule has 0 heterocycles. The van der Waals surface area contributed by atoms with Gasteiger partial charge in [-0.25, -0.2) is 9.59 Å². The quantitative estimate of drug-likeness (QED) is 0.760. The lowest BCUT2D eigenvalue weighted by Crippen LogP contribution is -2.46. The number of carboxylic acid groups (broad SMARTS) is 1. The third-order valence-corrected chi connectivity index (χ3v) is 3.84. The van der Waals surface area contributed by atoms with E-state index in [1.807, 2.05) is 20.8 Å². The molecular formula is C14H19BrN2O3. The first kappa shape index (κ1) is 16.5. The fraction of sp³-hybridized carbons (Fsp3) is 0.429. The number of benzene rings is 1. The van der Waals surface area contributed by atoms with Gasteiger partial charge in [0.15, 0.2) is 0 Å². The van der Waals surface area contributed by atoms with Gasteiger partial charge in [0, 0.05) is 15.7 Å². The van der Waals surface area contributed by atoms with Crippen LogP contribution in [0.25, 0.3) is 0 Å². The van der Waals surface area contributed by atoms with Crippen LogP contribution in [0.4, 0.5) is 10.5 Å². The minimum Gasteiger partial charge on any atom is -0.478 e. The molecule has 3 N–H and O–H groups in total. The van der Waals surface area contributed by atoms with E-state index in [2.05, 4.69) is 26.6 Å². The number of anilines is 1. The number of rotatable bonds is 5. The van der Waals surface area contributed by atoms with Crippen molar-refractivity contribution in [2.75, 3.05) is 5.32 Å². The molecule has 0 aliphatic heterocycles. The van der Waals surface area contributed by atoms with E-state index in [4.69, 9.17) is 5.11 Å². The number of hydrogen-bond acceptors (Lipinski definition) is 2. The highest BCUT2D eigenvalue weighted by Crippen LogP contribution is 2.20. The fourth-order valence-corrected chi connectivity index (χ4v) is 2.14. The smallest absolute Gasteiger partial charge is 0.335 e. The zero-order valence-electron chi connectivity index (χ0n) is 11.8. The molecule has 1 aromatic rings. The monoisotopic (exact) mass is 342 g/mol. The Morgan fingerprint density at radius 2 is 1.85 bits per heavy atom. The molecule has 110 valence electrons. The Morgan fingerprint density at radius 3 is 2.35 bits per heavy atom. The molecule has 1 rings (SSSR count). The molecule has 20 heavy (non-hydrogen) atoms. The summed E-state index contributed by atoms with van der Waals surface area (Å²) in [6.07, 6.45) is 1.63. The normalized spacial score (nSPS) is 11.0. The summed E-state index contributed by atoms with van der Waals surface area (Å²) >= 11 is 3.22. The lowest BCUT2D eigenvalue weighted by atomic mass is 9.96. The summed E-state index contributed by atoms with van der Waals surface area (Å²) in [5, 5.41) is 14.5. The summed E-state index contributed by atoms with van der Waals surface area (Å²) in [4.78, 5) is 22.9. The molecule has 0 saturated heterocycles. The number of halogens is 1. The van der Waals surface area contributed by atoms with Crippen molar-refractivity contribution < 1.29 is 14.7 Å². The number of nitrogens with one attached hydrogen (secondary N) is 2. The van der Waals surface area contributed by atoms with Gasteiger partial charge in [0.05, 0.1) is 5.56 Å². The van der Waals surface area contributed by atoms with Crippen molar-refractivity contribution in [3.05, 3.63) is 28.2 Å². The summed E-state index contributed by atoms with van der Waals surface area (Å²) in [7, 11) is 0. The molecule has 0 radical (unpaired) electrons. The van der Waals surface area contributed by atoms with Gasteiger partial charge in [-0.1, -0.05) is 29.8 Å². The van der Waals surface area contributed by atoms with Crippen molar-refractivity contribution in [2.45, 2.75) is 39.2 Å². The van der Waals surface area contributed by atoms with Gasteiger partial charge in [-0.3, -0.25) is 0 Å². The molecule has 0 spiro atoms. The number of carboxylic acids is 1. The molecule has 0 aliphatic rings. The Balaban J connectivity index is 2.83. The second-order valence-corrected chi connectivity index (χ2v) is 5.80. The molecule has 0 saturated carbocycles. The zero-order chi connectivity index (χ0) is 15.3. The fourth-order valence-electron chi connectivity index (χ4n) is 1.65. The van der Waals surface area contributed by atoms with E-state index in [0.717, 1.165) is 12.8 Å². The van der Waals surface area contributed by atoms with Gasteiger partial charge in [0.25, 0.3) is 0 Å². The second kappa shape index (κ2) is 6.74. The van der Waals surface area contributed by atoms with E-state index in [9.17, 15) is 9.59 Å². The first-order valence-corrected chi connectivity index (χ1v) is 7.22. The van der Waals surface area contributed by atoms with Crippen LogP contribution in [-0.2, 0) is 0 Å². The molecule has 0 atom stereocenters. The number of hydrogen-bond donors (Lipinski definition) is 3. The van der Waals surface area contributed by atoms with E-state index in [0.29, 0.717) is 10.2 Å². The van der Waals surface area contributed by atoms with Crippen LogP contribution in [-0.4, -0.2) is 22.6 Å². The average Bonchev–Trinajstić information content (AvgIpc) is 2.37. The lowest BCUT2D eigenvalue weighted by molar-refractivity contribution is 0.0696. The molecule has 6 heteroatoms. The predicted molar refractivity (Wildman–Crippen MR) is 82.2 cm³/mol. The van der Waals surface area contributed by atoms with Gasteiger partial charge in [-0.2, -0.15) is 0 Å². The van der Waals surface area contributed by atoms with Gasteiger partial charge in [-0.05, 0) is 38.0 Å². The maximum Gasteiger partial charge on any atom is 0.335 e. The third kappa shape index (κ3) is 4.52. The van der Waals surface area contributed by atoms with Crippen LogP contribution in [0.5, 0.6) is 0 Å². The summed E-state index contributed by atoms with van der Waals surface area (Å²) in [6.45, 7) is 5.98. The Bertz CT molecular complexity index is 513. The highest BCUT2D eigenvalue weighted by Gasteiger charge is 2.21. The van der Waals surface area contributed by atoms with Crippen LogP contribution in [0.3, 0.4) is 0 Å². The summed E-state index contributed by atoms with van der Waals surface area (Å²) in [5.41, 5.74) is 0.276. The van der Waals surface area contributed by atoms with Crippen LogP contribution in [0.15, 0.2) is 22.7 Å². The van der Waals surface area contributed by atoms with Crippen LogP contribution in [0.2, 0.25) is 0 Å². The molecule has 0 bridgehead atoms. The Hall–Kier alpha value is -1.56. The maximum absolute atomic E-state index is 12.0. The minimum atomic E-state index is -1.04. The number of carbonyl (C=O) groups excluding carboxylic acids is 1. The molecule has 0 aromatic heterocycles. The van der Waals surface area contributed by atoms with E-state index in [1.165, 1.54) is 12.1 Å². The predicted octanol–water partition coefficient (Wildman–Crippen LogP) is 3.85. The largest absolute Gasteiger partial charge is 0.478 e. The summed E-state index contributed by atoms with van der Waals surface area (Å²) in [6, 6.07) is 4.21. The molecule has 0 fully saturated rings. The van der Waals surface area contributed by atoms with Crippen LogP contribution >= 0.6 is 15.9 Å².